The van der Waals surface area contributed by atoms with E-state index in [9.17, 15) is 4.79 Å². The number of carbonyl (C=O) groups is 1. The highest BCUT2D eigenvalue weighted by Gasteiger charge is 2.40. The molecule has 6 heteroatoms. The average molecular weight is 283 g/mol. The first-order valence-electron chi connectivity index (χ1n) is 5.88. The molecule has 1 amide bonds. The van der Waals surface area contributed by atoms with Gasteiger partial charge in [-0.2, -0.15) is 0 Å². The first-order valence-corrected chi connectivity index (χ1v) is 7.68. The van der Waals surface area contributed by atoms with E-state index in [4.69, 9.17) is 0 Å². The van der Waals surface area contributed by atoms with E-state index in [0.717, 1.165) is 22.9 Å². The lowest BCUT2D eigenvalue weighted by atomic mass is 9.64. The molecule has 0 saturated heterocycles. The number of aromatic nitrogens is 2. The van der Waals surface area contributed by atoms with E-state index in [1.165, 1.54) is 11.3 Å². The van der Waals surface area contributed by atoms with Gasteiger partial charge >= 0.3 is 0 Å². The number of hydrogen-bond donors (Lipinski definition) is 1. The minimum absolute atomic E-state index is 0.0748. The maximum Gasteiger partial charge on any atom is 0.229 e. The third kappa shape index (κ3) is 3.32. The van der Waals surface area contributed by atoms with Crippen molar-refractivity contribution in [1.29, 1.82) is 0 Å². The third-order valence-corrected chi connectivity index (χ3v) is 4.90. The molecule has 1 aromatic rings. The van der Waals surface area contributed by atoms with Gasteiger partial charge in [-0.1, -0.05) is 43.0 Å². The Labute approximate surface area is 115 Å². The van der Waals surface area contributed by atoms with Crippen molar-refractivity contribution < 1.29 is 4.79 Å². The summed E-state index contributed by atoms with van der Waals surface area (Å²) in [6.45, 7) is 8.02. The number of anilines is 1. The van der Waals surface area contributed by atoms with Gasteiger partial charge in [0.25, 0.3) is 0 Å². The van der Waals surface area contributed by atoms with Crippen LogP contribution in [0.25, 0.3) is 0 Å². The molecule has 0 bridgehead atoms. The van der Waals surface area contributed by atoms with Crippen LogP contribution < -0.4 is 5.32 Å². The van der Waals surface area contributed by atoms with Crippen LogP contribution in [-0.4, -0.2) is 21.9 Å². The van der Waals surface area contributed by atoms with Gasteiger partial charge < -0.3 is 5.32 Å². The van der Waals surface area contributed by atoms with Gasteiger partial charge in [0.15, 0.2) is 4.34 Å². The first-order chi connectivity index (χ1) is 8.50. The van der Waals surface area contributed by atoms with E-state index in [0.29, 0.717) is 10.5 Å². The molecule has 1 N–H and O–H groups in total. The highest BCUT2D eigenvalue weighted by molar-refractivity contribution is 8.01. The summed E-state index contributed by atoms with van der Waals surface area (Å²) in [6, 6.07) is 0. The third-order valence-electron chi connectivity index (χ3n) is 2.93. The second kappa shape index (κ2) is 5.40. The smallest absolute Gasteiger partial charge is 0.229 e. The molecule has 1 heterocycles. The highest BCUT2D eigenvalue weighted by Crippen LogP contribution is 2.45. The van der Waals surface area contributed by atoms with Crippen molar-refractivity contribution in [1.82, 2.24) is 10.2 Å². The number of carbonyl (C=O) groups excluding carboxylic acids is 1. The summed E-state index contributed by atoms with van der Waals surface area (Å²) in [7, 11) is 0. The fourth-order valence-corrected chi connectivity index (χ4v) is 3.63. The Morgan fingerprint density at radius 1 is 1.61 bits per heavy atom. The molecule has 1 aliphatic carbocycles. The molecule has 0 spiro atoms. The molecular weight excluding hydrogens is 266 g/mol. The van der Waals surface area contributed by atoms with Crippen LogP contribution in [0, 0.1) is 11.3 Å². The number of hydrogen-bond acceptors (Lipinski definition) is 5. The minimum atomic E-state index is 0.0748. The van der Waals surface area contributed by atoms with Crippen LogP contribution >= 0.6 is 23.1 Å². The quantitative estimate of drug-likeness (QED) is 0.512. The lowest BCUT2D eigenvalue weighted by Gasteiger charge is -2.41. The van der Waals surface area contributed by atoms with Gasteiger partial charge in [0, 0.05) is 11.7 Å². The Morgan fingerprint density at radius 2 is 2.33 bits per heavy atom. The topological polar surface area (TPSA) is 54.9 Å². The number of nitrogens with one attached hydrogen (secondary N) is 1. The average Bonchev–Trinajstić information content (AvgIpc) is 2.70. The standard InChI is InChI=1S/C12H17N3OS2/c1-4-5-17-11-15-14-10(18-11)13-9(16)8-6-12(2,3)7-8/h4,8H,1,5-7H2,2-3H3,(H,13,14,16). The Hall–Kier alpha value is -0.880. The van der Waals surface area contributed by atoms with Gasteiger partial charge in [-0.05, 0) is 18.3 Å². The second-order valence-corrected chi connectivity index (χ2v) is 7.48. The van der Waals surface area contributed by atoms with Crippen LogP contribution in [0.15, 0.2) is 17.0 Å². The zero-order valence-electron chi connectivity index (χ0n) is 10.6. The van der Waals surface area contributed by atoms with E-state index >= 15 is 0 Å². The zero-order chi connectivity index (χ0) is 13.2. The van der Waals surface area contributed by atoms with Gasteiger partial charge in [0.05, 0.1) is 0 Å². The lowest BCUT2D eigenvalue weighted by molar-refractivity contribution is -0.126. The van der Waals surface area contributed by atoms with Crippen molar-refractivity contribution >= 4 is 34.1 Å². The Kier molecular flexibility index (Phi) is 4.07. The molecule has 1 aliphatic rings. The molecule has 0 radical (unpaired) electrons. The van der Waals surface area contributed by atoms with Crippen molar-refractivity contribution in [3.63, 3.8) is 0 Å². The van der Waals surface area contributed by atoms with Crippen molar-refractivity contribution in [2.75, 3.05) is 11.1 Å². The molecule has 98 valence electrons. The van der Waals surface area contributed by atoms with Crippen LogP contribution in [0.5, 0.6) is 0 Å². The van der Waals surface area contributed by atoms with Crippen LogP contribution in [-0.2, 0) is 4.79 Å². The molecule has 2 rings (SSSR count). The maximum atomic E-state index is 11.9. The first kappa shape index (κ1) is 13.5. The molecular formula is C12H17N3OS2. The van der Waals surface area contributed by atoms with E-state index in [2.05, 4.69) is 35.9 Å². The molecule has 1 saturated carbocycles. The van der Waals surface area contributed by atoms with Gasteiger partial charge in [-0.25, -0.2) is 0 Å². The normalized spacial score (nSPS) is 18.1. The summed E-state index contributed by atoms with van der Waals surface area (Å²) in [4.78, 5) is 11.9. The van der Waals surface area contributed by atoms with Gasteiger partial charge in [0.2, 0.25) is 11.0 Å². The second-order valence-electron chi connectivity index (χ2n) is 5.23. The monoisotopic (exact) mass is 283 g/mol. The largest absolute Gasteiger partial charge is 0.300 e. The molecule has 0 unspecified atom stereocenters. The highest BCUT2D eigenvalue weighted by atomic mass is 32.2. The van der Waals surface area contributed by atoms with Crippen LogP contribution in [0.2, 0.25) is 0 Å². The number of amides is 1. The summed E-state index contributed by atoms with van der Waals surface area (Å²) < 4.78 is 0.860. The van der Waals surface area contributed by atoms with E-state index in [-0.39, 0.29) is 11.8 Å². The van der Waals surface area contributed by atoms with Crippen LogP contribution in [0.3, 0.4) is 0 Å². The lowest BCUT2D eigenvalue weighted by Crippen LogP contribution is -2.39. The fourth-order valence-electron chi connectivity index (χ4n) is 2.12. The molecule has 4 nitrogen and oxygen atoms in total. The van der Waals surface area contributed by atoms with Crippen molar-refractivity contribution in [3.05, 3.63) is 12.7 Å². The Bertz CT molecular complexity index is 448. The molecule has 0 aromatic carbocycles. The van der Waals surface area contributed by atoms with Crippen molar-refractivity contribution in [3.8, 4) is 0 Å². The summed E-state index contributed by atoms with van der Waals surface area (Å²) in [5, 5.41) is 11.4. The van der Waals surface area contributed by atoms with Crippen molar-refractivity contribution in [2.24, 2.45) is 11.3 Å². The number of thioether (sulfide) groups is 1. The minimum Gasteiger partial charge on any atom is -0.300 e. The van der Waals surface area contributed by atoms with Crippen LogP contribution in [0.4, 0.5) is 5.13 Å². The molecule has 0 aliphatic heterocycles. The molecule has 1 aromatic heterocycles. The molecule has 1 fully saturated rings. The predicted octanol–water partition coefficient (Wildman–Crippen LogP) is 3.19. The van der Waals surface area contributed by atoms with Gasteiger partial charge in [-0.15, -0.1) is 16.8 Å². The van der Waals surface area contributed by atoms with Gasteiger partial charge in [0.1, 0.15) is 0 Å². The number of nitrogens with zero attached hydrogens (tertiary/aromatic N) is 2. The van der Waals surface area contributed by atoms with E-state index in [1.54, 1.807) is 11.8 Å². The molecule has 18 heavy (non-hydrogen) atoms. The Balaban J connectivity index is 1.84. The summed E-state index contributed by atoms with van der Waals surface area (Å²) in [5.41, 5.74) is 0.314. The maximum absolute atomic E-state index is 11.9. The summed E-state index contributed by atoms with van der Waals surface area (Å²) >= 11 is 2.99. The molecule has 0 atom stereocenters. The van der Waals surface area contributed by atoms with Gasteiger partial charge in [-0.3, -0.25) is 4.79 Å². The number of rotatable bonds is 5. The Morgan fingerprint density at radius 3 is 2.94 bits per heavy atom. The van der Waals surface area contributed by atoms with Crippen molar-refractivity contribution in [2.45, 2.75) is 31.0 Å². The summed E-state index contributed by atoms with van der Waals surface area (Å²) in [5.74, 6) is 1.01. The fraction of sp³-hybridized carbons (Fsp3) is 0.583. The zero-order valence-corrected chi connectivity index (χ0v) is 12.2. The summed E-state index contributed by atoms with van der Waals surface area (Å²) in [6.07, 6.45) is 3.73. The van der Waals surface area contributed by atoms with E-state index < -0.39 is 0 Å². The van der Waals surface area contributed by atoms with Crippen LogP contribution in [0.1, 0.15) is 26.7 Å². The SMILES string of the molecule is C=CCSc1nnc(NC(=O)C2CC(C)(C)C2)s1. The van der Waals surface area contributed by atoms with E-state index in [1.807, 2.05) is 6.08 Å². The predicted molar refractivity (Wildman–Crippen MR) is 76.0 cm³/mol.